The molecule has 1 unspecified atom stereocenters. The largest absolute Gasteiger partial charge is 0.342 e. The Morgan fingerprint density at radius 3 is 2.69 bits per heavy atom. The standard InChI is InChI=1S/C12H22N2O2/c1-3-14(4-2)12(16)9-13-7-5-6-11(8-13)10-15/h10-11H,3-9H2,1-2H3. The van der Waals surface area contributed by atoms with Crippen LogP contribution in [0.1, 0.15) is 26.7 Å². The molecule has 0 saturated carbocycles. The molecule has 92 valence electrons. The predicted octanol–water partition coefficient (Wildman–Crippen LogP) is 0.766. The van der Waals surface area contributed by atoms with Crippen molar-refractivity contribution in [3.05, 3.63) is 0 Å². The van der Waals surface area contributed by atoms with E-state index in [9.17, 15) is 9.59 Å². The van der Waals surface area contributed by atoms with Crippen molar-refractivity contribution in [3.63, 3.8) is 0 Å². The second-order valence-corrected chi connectivity index (χ2v) is 4.34. The second-order valence-electron chi connectivity index (χ2n) is 4.34. The molecule has 0 spiro atoms. The highest BCUT2D eigenvalue weighted by Crippen LogP contribution is 2.14. The third-order valence-electron chi connectivity index (χ3n) is 3.21. The summed E-state index contributed by atoms with van der Waals surface area (Å²) < 4.78 is 0. The minimum Gasteiger partial charge on any atom is -0.342 e. The third kappa shape index (κ3) is 3.59. The summed E-state index contributed by atoms with van der Waals surface area (Å²) in [6, 6.07) is 0. The van der Waals surface area contributed by atoms with Crippen LogP contribution in [0, 0.1) is 5.92 Å². The van der Waals surface area contributed by atoms with Gasteiger partial charge in [0.25, 0.3) is 0 Å². The van der Waals surface area contributed by atoms with Crippen LogP contribution in [-0.2, 0) is 9.59 Å². The minimum atomic E-state index is 0.123. The van der Waals surface area contributed by atoms with Gasteiger partial charge in [0.15, 0.2) is 0 Å². The monoisotopic (exact) mass is 226 g/mol. The van der Waals surface area contributed by atoms with Gasteiger partial charge in [-0.2, -0.15) is 0 Å². The Bertz CT molecular complexity index is 239. The summed E-state index contributed by atoms with van der Waals surface area (Å²) in [4.78, 5) is 26.5. The van der Waals surface area contributed by atoms with Crippen molar-refractivity contribution in [2.75, 3.05) is 32.7 Å². The fourth-order valence-corrected chi connectivity index (χ4v) is 2.21. The van der Waals surface area contributed by atoms with Gasteiger partial charge in [-0.1, -0.05) is 0 Å². The van der Waals surface area contributed by atoms with Crippen molar-refractivity contribution in [3.8, 4) is 0 Å². The SMILES string of the molecule is CCN(CC)C(=O)CN1CCCC(C=O)C1. The first-order chi connectivity index (χ1) is 7.71. The maximum atomic E-state index is 11.9. The predicted molar refractivity (Wildman–Crippen MR) is 63.2 cm³/mol. The molecule has 0 bridgehead atoms. The molecule has 1 saturated heterocycles. The fourth-order valence-electron chi connectivity index (χ4n) is 2.21. The molecule has 16 heavy (non-hydrogen) atoms. The van der Waals surface area contributed by atoms with Gasteiger partial charge in [0, 0.05) is 25.6 Å². The lowest BCUT2D eigenvalue weighted by Gasteiger charge is -2.31. The van der Waals surface area contributed by atoms with Crippen LogP contribution in [0.3, 0.4) is 0 Å². The van der Waals surface area contributed by atoms with E-state index >= 15 is 0 Å². The number of piperidine rings is 1. The van der Waals surface area contributed by atoms with E-state index in [1.807, 2.05) is 18.7 Å². The highest BCUT2D eigenvalue weighted by Gasteiger charge is 2.22. The van der Waals surface area contributed by atoms with Crippen LogP contribution in [0.15, 0.2) is 0 Å². The van der Waals surface area contributed by atoms with E-state index < -0.39 is 0 Å². The first-order valence-electron chi connectivity index (χ1n) is 6.16. The Kier molecular flexibility index (Phi) is 5.46. The van der Waals surface area contributed by atoms with E-state index in [4.69, 9.17) is 0 Å². The number of aldehydes is 1. The molecular formula is C12H22N2O2. The lowest BCUT2D eigenvalue weighted by Crippen LogP contribution is -2.44. The number of likely N-dealkylation sites (N-methyl/N-ethyl adjacent to an activating group) is 1. The summed E-state index contributed by atoms with van der Waals surface area (Å²) in [5.41, 5.74) is 0. The van der Waals surface area contributed by atoms with E-state index in [1.165, 1.54) is 0 Å². The zero-order valence-corrected chi connectivity index (χ0v) is 10.3. The van der Waals surface area contributed by atoms with E-state index in [0.29, 0.717) is 6.54 Å². The Morgan fingerprint density at radius 2 is 2.12 bits per heavy atom. The summed E-state index contributed by atoms with van der Waals surface area (Å²) in [5, 5.41) is 0. The maximum absolute atomic E-state index is 11.9. The molecule has 1 amide bonds. The average molecular weight is 226 g/mol. The molecule has 0 aromatic heterocycles. The number of nitrogens with zero attached hydrogens (tertiary/aromatic N) is 2. The number of amides is 1. The smallest absolute Gasteiger partial charge is 0.236 e. The summed E-state index contributed by atoms with van der Waals surface area (Å²) in [6.07, 6.45) is 3.02. The molecule has 1 fully saturated rings. The number of carbonyl (C=O) groups excluding carboxylic acids is 2. The summed E-state index contributed by atoms with van der Waals surface area (Å²) in [6.45, 7) is 7.66. The average Bonchev–Trinajstić information content (AvgIpc) is 2.31. The Balaban J connectivity index is 2.41. The first kappa shape index (κ1) is 13.2. The van der Waals surface area contributed by atoms with Crippen molar-refractivity contribution in [1.29, 1.82) is 0 Å². The van der Waals surface area contributed by atoms with Crippen LogP contribution in [0.25, 0.3) is 0 Å². The number of likely N-dealkylation sites (tertiary alicyclic amines) is 1. The summed E-state index contributed by atoms with van der Waals surface area (Å²) in [7, 11) is 0. The minimum absolute atomic E-state index is 0.123. The van der Waals surface area contributed by atoms with Crippen molar-refractivity contribution in [1.82, 2.24) is 9.80 Å². The molecule has 0 aromatic rings. The van der Waals surface area contributed by atoms with Gasteiger partial charge < -0.3 is 9.69 Å². The lowest BCUT2D eigenvalue weighted by atomic mass is 10.00. The Hall–Kier alpha value is -0.900. The topological polar surface area (TPSA) is 40.6 Å². The zero-order chi connectivity index (χ0) is 12.0. The summed E-state index contributed by atoms with van der Waals surface area (Å²) in [5.74, 6) is 0.301. The van der Waals surface area contributed by atoms with Crippen LogP contribution in [0.4, 0.5) is 0 Å². The highest BCUT2D eigenvalue weighted by atomic mass is 16.2. The third-order valence-corrected chi connectivity index (χ3v) is 3.21. The Labute approximate surface area is 97.6 Å². The maximum Gasteiger partial charge on any atom is 0.236 e. The van der Waals surface area contributed by atoms with E-state index in [-0.39, 0.29) is 11.8 Å². The van der Waals surface area contributed by atoms with Gasteiger partial charge in [0.05, 0.1) is 6.54 Å². The van der Waals surface area contributed by atoms with Gasteiger partial charge in [-0.05, 0) is 33.2 Å². The van der Waals surface area contributed by atoms with Gasteiger partial charge in [0.1, 0.15) is 6.29 Å². The molecule has 1 aliphatic heterocycles. The molecule has 1 rings (SSSR count). The molecule has 0 aliphatic carbocycles. The van der Waals surface area contributed by atoms with Crippen molar-refractivity contribution in [2.24, 2.45) is 5.92 Å². The van der Waals surface area contributed by atoms with E-state index in [1.54, 1.807) is 0 Å². The van der Waals surface area contributed by atoms with Crippen molar-refractivity contribution in [2.45, 2.75) is 26.7 Å². The quantitative estimate of drug-likeness (QED) is 0.650. The van der Waals surface area contributed by atoms with Crippen LogP contribution in [0.2, 0.25) is 0 Å². The molecule has 0 aromatic carbocycles. The fraction of sp³-hybridized carbons (Fsp3) is 0.833. The van der Waals surface area contributed by atoms with E-state index in [0.717, 1.165) is 45.3 Å². The molecule has 1 atom stereocenters. The molecule has 1 heterocycles. The van der Waals surface area contributed by atoms with Gasteiger partial charge in [-0.15, -0.1) is 0 Å². The number of hydrogen-bond acceptors (Lipinski definition) is 3. The first-order valence-corrected chi connectivity index (χ1v) is 6.16. The molecule has 0 radical (unpaired) electrons. The number of carbonyl (C=O) groups is 2. The van der Waals surface area contributed by atoms with Crippen molar-refractivity contribution < 1.29 is 9.59 Å². The molecular weight excluding hydrogens is 204 g/mol. The lowest BCUT2D eigenvalue weighted by molar-refractivity contribution is -0.133. The molecule has 4 heteroatoms. The van der Waals surface area contributed by atoms with Crippen LogP contribution < -0.4 is 0 Å². The van der Waals surface area contributed by atoms with Gasteiger partial charge >= 0.3 is 0 Å². The van der Waals surface area contributed by atoms with Gasteiger partial charge in [-0.3, -0.25) is 9.69 Å². The molecule has 1 aliphatic rings. The number of hydrogen-bond donors (Lipinski definition) is 0. The van der Waals surface area contributed by atoms with Crippen LogP contribution >= 0.6 is 0 Å². The second kappa shape index (κ2) is 6.63. The highest BCUT2D eigenvalue weighted by molar-refractivity contribution is 5.78. The van der Waals surface area contributed by atoms with Gasteiger partial charge in [0.2, 0.25) is 5.91 Å². The number of rotatable bonds is 5. The summed E-state index contributed by atoms with van der Waals surface area (Å²) >= 11 is 0. The van der Waals surface area contributed by atoms with Gasteiger partial charge in [-0.25, -0.2) is 0 Å². The van der Waals surface area contributed by atoms with Crippen LogP contribution in [0.5, 0.6) is 0 Å². The van der Waals surface area contributed by atoms with Crippen molar-refractivity contribution >= 4 is 12.2 Å². The molecule has 4 nitrogen and oxygen atoms in total. The van der Waals surface area contributed by atoms with Crippen LogP contribution in [-0.4, -0.2) is 54.7 Å². The van der Waals surface area contributed by atoms with E-state index in [2.05, 4.69) is 4.90 Å². The Morgan fingerprint density at radius 1 is 1.44 bits per heavy atom. The normalized spacial score (nSPS) is 21.8. The molecule has 0 N–H and O–H groups in total. The zero-order valence-electron chi connectivity index (χ0n) is 10.3.